The fourth-order valence-electron chi connectivity index (χ4n) is 4.53. The highest BCUT2D eigenvalue weighted by Gasteiger charge is 2.48. The van der Waals surface area contributed by atoms with Gasteiger partial charge in [-0.1, -0.05) is 54.6 Å². The van der Waals surface area contributed by atoms with Gasteiger partial charge in [0.25, 0.3) is 6.01 Å². The van der Waals surface area contributed by atoms with Gasteiger partial charge in [-0.2, -0.15) is 4.98 Å². The summed E-state index contributed by atoms with van der Waals surface area (Å²) in [6.45, 7) is 0.376. The van der Waals surface area contributed by atoms with Crippen LogP contribution in [0.2, 0.25) is 0 Å². The predicted molar refractivity (Wildman–Crippen MR) is 117 cm³/mol. The molecule has 2 saturated heterocycles. The lowest BCUT2D eigenvalue weighted by Gasteiger charge is -2.15. The molecule has 2 fully saturated rings. The minimum absolute atomic E-state index is 0.0172. The average Bonchev–Trinajstić information content (AvgIpc) is 3.52. The maximum atomic E-state index is 15.4. The van der Waals surface area contributed by atoms with E-state index in [1.165, 1.54) is 6.07 Å². The van der Waals surface area contributed by atoms with Gasteiger partial charge in [-0.25, -0.2) is 8.78 Å². The second-order valence-corrected chi connectivity index (χ2v) is 8.25. The fraction of sp³-hybridized carbons (Fsp3) is 0.240. The quantitative estimate of drug-likeness (QED) is 0.490. The molecule has 0 unspecified atom stereocenters. The summed E-state index contributed by atoms with van der Waals surface area (Å²) in [7, 11) is 0. The van der Waals surface area contributed by atoms with Crippen LogP contribution in [0.1, 0.15) is 0 Å². The Bertz CT molecular complexity index is 1310. The first-order valence-electron chi connectivity index (χ1n) is 10.7. The maximum absolute atomic E-state index is 15.4. The molecule has 0 spiro atoms. The van der Waals surface area contributed by atoms with Crippen molar-refractivity contribution in [3.8, 4) is 28.3 Å². The van der Waals surface area contributed by atoms with Gasteiger partial charge in [0.15, 0.2) is 11.9 Å². The number of H-pyrrole nitrogens is 1. The number of aromatic amines is 1. The number of benzene rings is 3. The van der Waals surface area contributed by atoms with Crippen LogP contribution >= 0.6 is 0 Å². The van der Waals surface area contributed by atoms with E-state index >= 15 is 4.39 Å². The first-order valence-corrected chi connectivity index (χ1v) is 10.7. The molecule has 0 amide bonds. The van der Waals surface area contributed by atoms with Crippen LogP contribution in [0, 0.1) is 11.6 Å². The number of aliphatic hydroxyl groups is 1. The van der Waals surface area contributed by atoms with Gasteiger partial charge in [0, 0.05) is 6.07 Å². The van der Waals surface area contributed by atoms with Gasteiger partial charge in [-0.05, 0) is 16.7 Å². The van der Waals surface area contributed by atoms with Crippen LogP contribution < -0.4 is 4.74 Å². The minimum Gasteiger partial charge on any atom is -0.456 e. The van der Waals surface area contributed by atoms with Crippen LogP contribution in [-0.2, 0) is 9.47 Å². The third kappa shape index (κ3) is 3.47. The van der Waals surface area contributed by atoms with E-state index in [9.17, 15) is 9.50 Å². The highest BCUT2D eigenvalue weighted by molar-refractivity contribution is 5.84. The lowest BCUT2D eigenvalue weighted by molar-refractivity contribution is 0.00706. The molecule has 6 rings (SSSR count). The average molecular weight is 450 g/mol. The topological polar surface area (TPSA) is 76.6 Å². The molecule has 2 N–H and O–H groups in total. The molecule has 168 valence electrons. The largest absolute Gasteiger partial charge is 0.456 e. The van der Waals surface area contributed by atoms with Crippen molar-refractivity contribution in [2.45, 2.75) is 24.4 Å². The molecule has 2 aliphatic rings. The number of rotatable bonds is 4. The van der Waals surface area contributed by atoms with Crippen molar-refractivity contribution < 1.29 is 28.1 Å². The molecule has 0 saturated carbocycles. The van der Waals surface area contributed by atoms with Gasteiger partial charge in [0.1, 0.15) is 29.6 Å². The van der Waals surface area contributed by atoms with E-state index in [-0.39, 0.29) is 35.8 Å². The number of hydrogen-bond acceptors (Lipinski definition) is 5. The van der Waals surface area contributed by atoms with Crippen molar-refractivity contribution in [3.63, 3.8) is 0 Å². The van der Waals surface area contributed by atoms with Crippen molar-refractivity contribution >= 4 is 11.0 Å². The van der Waals surface area contributed by atoms with Crippen molar-refractivity contribution in [1.82, 2.24) is 9.97 Å². The zero-order valence-electron chi connectivity index (χ0n) is 17.4. The molecule has 4 atom stereocenters. The number of aromatic nitrogens is 2. The van der Waals surface area contributed by atoms with E-state index in [2.05, 4.69) is 9.97 Å². The third-order valence-electron chi connectivity index (χ3n) is 6.17. The summed E-state index contributed by atoms with van der Waals surface area (Å²) in [5.41, 5.74) is 2.41. The minimum atomic E-state index is -0.767. The van der Waals surface area contributed by atoms with E-state index in [1.807, 2.05) is 42.5 Å². The van der Waals surface area contributed by atoms with Crippen LogP contribution in [0.25, 0.3) is 33.3 Å². The molecule has 1 aromatic heterocycles. The smallest absolute Gasteiger partial charge is 0.295 e. The molecular formula is C25H20F2N2O4. The Morgan fingerprint density at radius 2 is 1.61 bits per heavy atom. The lowest BCUT2D eigenvalue weighted by atomic mass is 9.99. The summed E-state index contributed by atoms with van der Waals surface area (Å²) in [5, 5.41) is 9.86. The highest BCUT2D eigenvalue weighted by Crippen LogP contribution is 2.34. The number of ether oxygens (including phenoxy) is 3. The number of hydrogen-bond donors (Lipinski definition) is 2. The SMILES string of the molecule is O[C@@H]1CO[C@H]2[C@@H]1OC[C@H]2Oc1nc2c(F)c(-c3ccc(-c4ccccc4)cc3)c(F)cc2[nH]1. The van der Waals surface area contributed by atoms with Crippen LogP contribution in [0.3, 0.4) is 0 Å². The fourth-order valence-corrected chi connectivity index (χ4v) is 4.53. The molecule has 6 nitrogen and oxygen atoms in total. The molecule has 3 aromatic carbocycles. The summed E-state index contributed by atoms with van der Waals surface area (Å²) in [5.74, 6) is -1.47. The van der Waals surface area contributed by atoms with Gasteiger partial charge in [0.05, 0.1) is 24.3 Å². The van der Waals surface area contributed by atoms with Gasteiger partial charge >= 0.3 is 0 Å². The Morgan fingerprint density at radius 1 is 0.909 bits per heavy atom. The number of nitrogens with one attached hydrogen (secondary N) is 1. The molecule has 0 bridgehead atoms. The van der Waals surface area contributed by atoms with Crippen LogP contribution in [0.4, 0.5) is 8.78 Å². The summed E-state index contributed by atoms with van der Waals surface area (Å²) in [6, 6.07) is 18.1. The second-order valence-electron chi connectivity index (χ2n) is 8.25. The van der Waals surface area contributed by atoms with E-state index in [4.69, 9.17) is 14.2 Å². The first-order chi connectivity index (χ1) is 16.1. The predicted octanol–water partition coefficient (Wildman–Crippen LogP) is 4.08. The van der Waals surface area contributed by atoms with Crippen molar-refractivity contribution in [3.05, 3.63) is 72.3 Å². The number of halogens is 2. The monoisotopic (exact) mass is 450 g/mol. The zero-order chi connectivity index (χ0) is 22.5. The summed E-state index contributed by atoms with van der Waals surface area (Å²) < 4.78 is 47.2. The van der Waals surface area contributed by atoms with Gasteiger partial charge < -0.3 is 24.3 Å². The van der Waals surface area contributed by atoms with E-state index in [1.54, 1.807) is 12.1 Å². The van der Waals surface area contributed by atoms with Crippen LogP contribution in [0.15, 0.2) is 60.7 Å². The standard InChI is InChI=1S/C25H20F2N2O4/c26-16-10-17-22(29-25(28-17)33-19-12-32-23-18(30)11-31-24(19)23)21(27)20(16)15-8-6-14(7-9-15)13-4-2-1-3-5-13/h1-10,18-19,23-24,30H,11-12H2,(H,28,29)/t18-,19-,23-,24-/m1/s1. The molecule has 33 heavy (non-hydrogen) atoms. The molecule has 4 aromatic rings. The number of imidazole rings is 1. The number of fused-ring (bicyclic) bond motifs is 2. The third-order valence-corrected chi connectivity index (χ3v) is 6.17. The maximum Gasteiger partial charge on any atom is 0.295 e. The summed E-state index contributed by atoms with van der Waals surface area (Å²) in [6.07, 6.45) is -2.11. The summed E-state index contributed by atoms with van der Waals surface area (Å²) in [4.78, 5) is 7.03. The molecule has 2 aliphatic heterocycles. The van der Waals surface area contributed by atoms with Gasteiger partial charge in [-0.15, -0.1) is 0 Å². The molecule has 3 heterocycles. The van der Waals surface area contributed by atoms with Gasteiger partial charge in [-0.3, -0.25) is 0 Å². The van der Waals surface area contributed by atoms with Gasteiger partial charge in [0.2, 0.25) is 0 Å². The van der Waals surface area contributed by atoms with Crippen molar-refractivity contribution in [1.29, 1.82) is 0 Å². The second kappa shape index (κ2) is 7.91. The highest BCUT2D eigenvalue weighted by atomic mass is 19.1. The Kier molecular flexibility index (Phi) is 4.86. The van der Waals surface area contributed by atoms with E-state index < -0.39 is 36.1 Å². The molecular weight excluding hydrogens is 430 g/mol. The Balaban J connectivity index is 1.30. The summed E-state index contributed by atoms with van der Waals surface area (Å²) >= 11 is 0. The zero-order valence-corrected chi connectivity index (χ0v) is 17.4. The van der Waals surface area contributed by atoms with Crippen molar-refractivity contribution in [2.75, 3.05) is 13.2 Å². The normalized spacial score (nSPS) is 24.3. The Hall–Kier alpha value is -3.33. The lowest BCUT2D eigenvalue weighted by Crippen LogP contribution is -2.34. The van der Waals surface area contributed by atoms with E-state index in [0.717, 1.165) is 11.1 Å². The van der Waals surface area contributed by atoms with E-state index in [0.29, 0.717) is 5.56 Å². The Labute approximate surface area is 187 Å². The van der Waals surface area contributed by atoms with Crippen molar-refractivity contribution in [2.24, 2.45) is 0 Å². The van der Waals surface area contributed by atoms with Crippen LogP contribution in [-0.4, -0.2) is 52.7 Å². The number of aliphatic hydroxyl groups excluding tert-OH is 1. The molecule has 0 radical (unpaired) electrons. The molecule has 0 aliphatic carbocycles. The number of nitrogens with zero attached hydrogens (tertiary/aromatic N) is 1. The first kappa shape index (κ1) is 20.3. The Morgan fingerprint density at radius 3 is 2.39 bits per heavy atom. The van der Waals surface area contributed by atoms with Crippen LogP contribution in [0.5, 0.6) is 6.01 Å². The molecule has 8 heteroatoms.